The Hall–Kier alpha value is -2.23. The number of hydroxylamine groups is 1. The minimum absolute atomic E-state index is 0.117. The van der Waals surface area contributed by atoms with Crippen LogP contribution in [0.1, 0.15) is 43.2 Å². The third-order valence-electron chi connectivity index (χ3n) is 8.97. The summed E-state index contributed by atoms with van der Waals surface area (Å²) >= 11 is 2.15. The maximum Gasteiger partial charge on any atom is 0.167 e. The molecule has 160 valence electrons. The van der Waals surface area contributed by atoms with Crippen molar-refractivity contribution in [1.82, 2.24) is 0 Å². The molecular weight excluding hydrogens is 410 g/mol. The van der Waals surface area contributed by atoms with Crippen LogP contribution in [-0.4, -0.2) is 4.93 Å². The zero-order chi connectivity index (χ0) is 20.9. The Morgan fingerprint density at radius 2 is 1.19 bits per heavy atom. The fraction of sp³-hybridized carbons (Fsp3) is 0.379. The first-order chi connectivity index (χ1) is 15.8. The van der Waals surface area contributed by atoms with E-state index >= 15 is 0 Å². The van der Waals surface area contributed by atoms with Crippen LogP contribution in [-0.2, 0) is 9.71 Å². The van der Waals surface area contributed by atoms with Crippen LogP contribution < -0.4 is 5.06 Å². The van der Waals surface area contributed by atoms with Crippen LogP contribution >= 0.6 is 11.8 Å². The number of thioether (sulfide) groups is 1. The summed E-state index contributed by atoms with van der Waals surface area (Å²) in [6.45, 7) is 0. The second-order valence-electron chi connectivity index (χ2n) is 10.6. The van der Waals surface area contributed by atoms with Gasteiger partial charge in [-0.05, 0) is 67.2 Å². The molecule has 2 nitrogen and oxygen atoms in total. The predicted octanol–water partition coefficient (Wildman–Crippen LogP) is 7.21. The van der Waals surface area contributed by atoms with E-state index in [0.717, 1.165) is 17.5 Å². The third kappa shape index (κ3) is 2.13. The third-order valence-corrected chi connectivity index (χ3v) is 10.9. The lowest BCUT2D eigenvalue weighted by Gasteiger charge is -2.58. The summed E-state index contributed by atoms with van der Waals surface area (Å²) in [5, 5.41) is 2.32. The summed E-state index contributed by atoms with van der Waals surface area (Å²) in [6, 6.07) is 28.9. The molecule has 3 aromatic carbocycles. The summed E-state index contributed by atoms with van der Waals surface area (Å²) in [4.78, 5) is 6.91. The van der Waals surface area contributed by atoms with E-state index in [1.807, 2.05) is 0 Å². The van der Waals surface area contributed by atoms with Crippen LogP contribution in [0.5, 0.6) is 0 Å². The van der Waals surface area contributed by atoms with Crippen molar-refractivity contribution in [3.63, 3.8) is 0 Å². The van der Waals surface area contributed by atoms with E-state index in [0.29, 0.717) is 11.8 Å². The van der Waals surface area contributed by atoms with Crippen LogP contribution in [0.15, 0.2) is 78.9 Å². The van der Waals surface area contributed by atoms with Gasteiger partial charge in [0.25, 0.3) is 0 Å². The summed E-state index contributed by atoms with van der Waals surface area (Å²) in [6.07, 6.45) is 6.86. The Morgan fingerprint density at radius 1 is 0.656 bits per heavy atom. The number of benzene rings is 3. The van der Waals surface area contributed by atoms with Crippen molar-refractivity contribution >= 4 is 17.4 Å². The van der Waals surface area contributed by atoms with Crippen LogP contribution in [0.25, 0.3) is 11.1 Å². The molecule has 0 N–H and O–H groups in total. The van der Waals surface area contributed by atoms with Crippen LogP contribution in [0.4, 0.5) is 5.69 Å². The monoisotopic (exact) mass is 437 g/mol. The molecule has 4 bridgehead atoms. The summed E-state index contributed by atoms with van der Waals surface area (Å²) in [5.74, 6) is 3.18. The minimum atomic E-state index is -0.329. The number of para-hydroxylation sites is 1. The molecule has 3 heteroatoms. The zero-order valence-corrected chi connectivity index (χ0v) is 18.9. The summed E-state index contributed by atoms with van der Waals surface area (Å²) in [7, 11) is 0. The van der Waals surface area contributed by atoms with Crippen LogP contribution in [0, 0.1) is 23.7 Å². The molecule has 0 unspecified atom stereocenters. The van der Waals surface area contributed by atoms with Crippen molar-refractivity contribution in [3.05, 3.63) is 90.0 Å². The minimum Gasteiger partial charge on any atom is -0.253 e. The number of fused-ring (bicyclic) bond motifs is 5. The molecule has 3 aromatic rings. The second kappa shape index (κ2) is 6.21. The number of hydrogen-bond donors (Lipinski definition) is 0. The highest BCUT2D eigenvalue weighted by Crippen LogP contribution is 2.73. The van der Waals surface area contributed by atoms with E-state index < -0.39 is 0 Å². The molecule has 2 spiro atoms. The number of anilines is 1. The Labute approximate surface area is 193 Å². The smallest absolute Gasteiger partial charge is 0.167 e. The highest BCUT2D eigenvalue weighted by atomic mass is 32.2. The van der Waals surface area contributed by atoms with E-state index in [2.05, 4.69) is 95.7 Å². The van der Waals surface area contributed by atoms with E-state index in [1.165, 1.54) is 54.4 Å². The zero-order valence-electron chi connectivity index (χ0n) is 18.1. The van der Waals surface area contributed by atoms with Crippen molar-refractivity contribution in [3.8, 4) is 11.1 Å². The van der Waals surface area contributed by atoms with Crippen molar-refractivity contribution in [1.29, 1.82) is 0 Å². The first-order valence-electron chi connectivity index (χ1n) is 12.2. The van der Waals surface area contributed by atoms with Gasteiger partial charge in [0.1, 0.15) is 4.93 Å². The van der Waals surface area contributed by atoms with Gasteiger partial charge in [-0.15, -0.1) is 0 Å². The van der Waals surface area contributed by atoms with Gasteiger partial charge in [0.2, 0.25) is 0 Å². The number of rotatable bonds is 1. The molecule has 32 heavy (non-hydrogen) atoms. The van der Waals surface area contributed by atoms with Gasteiger partial charge in [0.05, 0.1) is 5.69 Å². The SMILES string of the molecule is c1ccc(N2OC3(SC24c2ccccc2-c2ccccc24)C2CC4CC(C2)CC3C4)cc1. The normalized spacial score (nSPS) is 34.9. The molecule has 9 rings (SSSR count). The van der Waals surface area contributed by atoms with E-state index in [9.17, 15) is 0 Å². The molecular formula is C29H27NOS. The number of hydrogen-bond acceptors (Lipinski definition) is 3. The largest absolute Gasteiger partial charge is 0.253 e. The molecule has 5 aliphatic carbocycles. The molecule has 0 radical (unpaired) electrons. The molecule has 1 saturated heterocycles. The fourth-order valence-electron chi connectivity index (χ4n) is 7.95. The molecule has 4 saturated carbocycles. The van der Waals surface area contributed by atoms with Gasteiger partial charge in [-0.3, -0.25) is 4.84 Å². The van der Waals surface area contributed by atoms with Gasteiger partial charge in [0, 0.05) is 23.0 Å². The standard InChI is InChI=1S/C29H27NOS/c1-2-8-23(9-3-1)30-28(26-12-6-4-10-24(26)25-11-5-7-13-27(25)28)32-29(31-30)21-15-19-14-20(17-21)18-22(29)16-19/h1-13,19-22H,14-18H2. The average molecular weight is 438 g/mol. The van der Waals surface area contributed by atoms with Crippen LogP contribution in [0.3, 0.4) is 0 Å². The van der Waals surface area contributed by atoms with Gasteiger partial charge in [-0.25, -0.2) is 5.06 Å². The lowest BCUT2D eigenvalue weighted by Crippen LogP contribution is -2.56. The second-order valence-corrected chi connectivity index (χ2v) is 12.0. The van der Waals surface area contributed by atoms with Gasteiger partial charge in [0.15, 0.2) is 4.87 Å². The predicted molar refractivity (Wildman–Crippen MR) is 130 cm³/mol. The Kier molecular flexibility index (Phi) is 3.54. The van der Waals surface area contributed by atoms with Crippen molar-refractivity contribution < 1.29 is 4.84 Å². The van der Waals surface area contributed by atoms with E-state index in [-0.39, 0.29) is 9.80 Å². The summed E-state index contributed by atoms with van der Waals surface area (Å²) < 4.78 is 0. The Bertz CT molecular complexity index is 1150. The van der Waals surface area contributed by atoms with E-state index in [1.54, 1.807) is 0 Å². The van der Waals surface area contributed by atoms with Gasteiger partial charge >= 0.3 is 0 Å². The van der Waals surface area contributed by atoms with E-state index in [4.69, 9.17) is 4.84 Å². The lowest BCUT2D eigenvalue weighted by molar-refractivity contribution is -0.149. The topological polar surface area (TPSA) is 12.5 Å². The van der Waals surface area contributed by atoms with Crippen LogP contribution in [0.2, 0.25) is 0 Å². The molecule has 6 aliphatic rings. The fourth-order valence-corrected chi connectivity index (χ4v) is 10.0. The lowest BCUT2D eigenvalue weighted by atomic mass is 9.54. The van der Waals surface area contributed by atoms with Gasteiger partial charge in [-0.2, -0.15) is 0 Å². The maximum absolute atomic E-state index is 7.36. The summed E-state index contributed by atoms with van der Waals surface area (Å²) in [5.41, 5.74) is 6.67. The highest BCUT2D eigenvalue weighted by Gasteiger charge is 2.69. The van der Waals surface area contributed by atoms with Crippen molar-refractivity contribution in [2.75, 3.05) is 5.06 Å². The Morgan fingerprint density at radius 3 is 1.78 bits per heavy atom. The molecule has 1 heterocycles. The first-order valence-corrected chi connectivity index (χ1v) is 13.0. The quantitative estimate of drug-likeness (QED) is 0.399. The molecule has 0 amide bonds. The molecule has 0 atom stereocenters. The number of nitrogens with zero attached hydrogens (tertiary/aromatic N) is 1. The molecule has 1 aliphatic heterocycles. The Balaban J connectivity index is 1.39. The average Bonchev–Trinajstić information content (AvgIpc) is 3.34. The molecule has 0 aromatic heterocycles. The van der Waals surface area contributed by atoms with Crippen molar-refractivity contribution in [2.45, 2.75) is 41.9 Å². The van der Waals surface area contributed by atoms with Gasteiger partial charge in [-0.1, -0.05) is 78.5 Å². The van der Waals surface area contributed by atoms with Crippen molar-refractivity contribution in [2.24, 2.45) is 23.7 Å². The highest BCUT2D eigenvalue weighted by molar-refractivity contribution is 8.02. The molecule has 5 fully saturated rings. The maximum atomic E-state index is 7.36. The van der Waals surface area contributed by atoms with Gasteiger partial charge < -0.3 is 0 Å². The first kappa shape index (κ1) is 18.2.